The number of hydrogen-bond donors (Lipinski definition) is 1. The highest BCUT2D eigenvalue weighted by Gasteiger charge is 2.29. The molecule has 0 aromatic carbocycles. The van der Waals surface area contributed by atoms with E-state index in [2.05, 4.69) is 15.0 Å². The van der Waals surface area contributed by atoms with Gasteiger partial charge in [-0.25, -0.2) is 9.97 Å². The average molecular weight is 368 g/mol. The molecule has 7 nitrogen and oxygen atoms in total. The van der Waals surface area contributed by atoms with E-state index in [1.165, 1.54) is 0 Å². The molecule has 2 aliphatic rings. The smallest absolute Gasteiger partial charge is 0.259 e. The molecule has 1 amide bonds. The zero-order valence-corrected chi connectivity index (χ0v) is 15.7. The molecule has 27 heavy (non-hydrogen) atoms. The molecule has 4 rings (SSSR count). The van der Waals surface area contributed by atoms with Gasteiger partial charge in [0.25, 0.3) is 11.5 Å². The van der Waals surface area contributed by atoms with E-state index < -0.39 is 0 Å². The number of aromatic amines is 1. The van der Waals surface area contributed by atoms with E-state index in [0.717, 1.165) is 49.1 Å². The largest absolute Gasteiger partial charge is 0.480 e. The quantitative estimate of drug-likeness (QED) is 0.895. The van der Waals surface area contributed by atoms with Crippen LogP contribution in [-0.2, 0) is 12.8 Å². The number of H-pyrrole nitrogens is 1. The number of ether oxygens (including phenoxy) is 1. The van der Waals surface area contributed by atoms with Gasteiger partial charge in [0.1, 0.15) is 11.4 Å². The van der Waals surface area contributed by atoms with Crippen molar-refractivity contribution in [3.8, 4) is 5.88 Å². The van der Waals surface area contributed by atoms with E-state index in [0.29, 0.717) is 30.4 Å². The van der Waals surface area contributed by atoms with Crippen LogP contribution in [-0.4, -0.2) is 46.0 Å². The van der Waals surface area contributed by atoms with Crippen molar-refractivity contribution >= 4 is 5.91 Å². The van der Waals surface area contributed by atoms with Gasteiger partial charge in [-0.1, -0.05) is 0 Å². The molecule has 1 fully saturated rings. The number of nitrogens with zero attached hydrogens (tertiary/aromatic N) is 3. The van der Waals surface area contributed by atoms with Crippen molar-refractivity contribution in [2.45, 2.75) is 44.9 Å². The monoisotopic (exact) mass is 368 g/mol. The van der Waals surface area contributed by atoms with Crippen LogP contribution in [0.5, 0.6) is 5.88 Å². The maximum Gasteiger partial charge on any atom is 0.259 e. The van der Waals surface area contributed by atoms with Crippen LogP contribution in [0.3, 0.4) is 0 Å². The lowest BCUT2D eigenvalue weighted by Crippen LogP contribution is -2.40. The van der Waals surface area contributed by atoms with E-state index in [1.807, 2.05) is 11.0 Å². The lowest BCUT2D eigenvalue weighted by atomic mass is 9.94. The van der Waals surface area contributed by atoms with Crippen molar-refractivity contribution in [2.75, 3.05) is 20.2 Å². The van der Waals surface area contributed by atoms with Gasteiger partial charge in [-0.3, -0.25) is 9.59 Å². The zero-order chi connectivity index (χ0) is 19.0. The maximum atomic E-state index is 13.2. The van der Waals surface area contributed by atoms with E-state index in [1.54, 1.807) is 20.1 Å². The summed E-state index contributed by atoms with van der Waals surface area (Å²) >= 11 is 0. The molecular formula is C20H24N4O3. The molecule has 0 bridgehead atoms. The summed E-state index contributed by atoms with van der Waals surface area (Å²) in [6.45, 7) is 3.02. The van der Waals surface area contributed by atoms with E-state index in [9.17, 15) is 9.59 Å². The molecule has 7 heteroatoms. The zero-order valence-electron chi connectivity index (χ0n) is 15.7. The predicted octanol–water partition coefficient (Wildman–Crippen LogP) is 1.99. The van der Waals surface area contributed by atoms with Gasteiger partial charge in [0.15, 0.2) is 0 Å². The first-order valence-corrected chi connectivity index (χ1v) is 9.49. The van der Waals surface area contributed by atoms with Gasteiger partial charge in [-0.15, -0.1) is 0 Å². The number of rotatable bonds is 3. The number of aromatic nitrogens is 3. The minimum absolute atomic E-state index is 0.0553. The molecule has 0 unspecified atom stereocenters. The van der Waals surface area contributed by atoms with Crippen LogP contribution in [0.15, 0.2) is 16.9 Å². The first kappa shape index (κ1) is 17.7. The van der Waals surface area contributed by atoms with Crippen LogP contribution in [0.1, 0.15) is 58.3 Å². The molecule has 0 saturated carbocycles. The fraction of sp³-hybridized carbons (Fsp3) is 0.500. The molecule has 1 aliphatic carbocycles. The summed E-state index contributed by atoms with van der Waals surface area (Å²) in [7, 11) is 1.56. The van der Waals surface area contributed by atoms with Crippen LogP contribution >= 0.6 is 0 Å². The second-order valence-electron chi connectivity index (χ2n) is 7.35. The second-order valence-corrected chi connectivity index (χ2v) is 7.35. The number of amides is 1. The molecule has 1 aliphatic heterocycles. The van der Waals surface area contributed by atoms with Crippen molar-refractivity contribution in [2.24, 2.45) is 0 Å². The molecule has 1 N–H and O–H groups in total. The van der Waals surface area contributed by atoms with Crippen LogP contribution < -0.4 is 10.3 Å². The van der Waals surface area contributed by atoms with Crippen molar-refractivity contribution in [3.63, 3.8) is 0 Å². The summed E-state index contributed by atoms with van der Waals surface area (Å²) in [5.74, 6) is 1.02. The fourth-order valence-corrected chi connectivity index (χ4v) is 4.15. The Morgan fingerprint density at radius 1 is 1.26 bits per heavy atom. The Morgan fingerprint density at radius 2 is 2.11 bits per heavy atom. The highest BCUT2D eigenvalue weighted by molar-refractivity contribution is 5.96. The number of carbonyl (C=O) groups is 1. The number of likely N-dealkylation sites (tertiary alicyclic amines) is 1. The van der Waals surface area contributed by atoms with Gasteiger partial charge in [0.05, 0.1) is 12.8 Å². The Hall–Kier alpha value is -2.70. The topological polar surface area (TPSA) is 88.2 Å². The normalized spacial score (nSPS) is 19.0. The Bertz CT molecular complexity index is 937. The maximum absolute atomic E-state index is 13.2. The second kappa shape index (κ2) is 7.13. The molecule has 142 valence electrons. The molecule has 1 saturated heterocycles. The van der Waals surface area contributed by atoms with Gasteiger partial charge < -0.3 is 14.6 Å². The number of methoxy groups -OCH3 is 1. The Balaban J connectivity index is 1.60. The number of nitrogens with one attached hydrogen (secondary N) is 1. The summed E-state index contributed by atoms with van der Waals surface area (Å²) in [5, 5.41) is 0. The number of aryl methyl sites for hydroxylation is 3. The van der Waals surface area contributed by atoms with Crippen LogP contribution in [0.2, 0.25) is 0 Å². The Labute approximate surface area is 157 Å². The van der Waals surface area contributed by atoms with Gasteiger partial charge in [-0.05, 0) is 50.7 Å². The van der Waals surface area contributed by atoms with Gasteiger partial charge >= 0.3 is 0 Å². The number of fused-ring (bicyclic) bond motifs is 1. The summed E-state index contributed by atoms with van der Waals surface area (Å²) in [6.07, 6.45) is 4.77. The minimum atomic E-state index is -0.148. The summed E-state index contributed by atoms with van der Waals surface area (Å²) in [5.41, 5.74) is 3.34. The molecular weight excluding hydrogens is 344 g/mol. The van der Waals surface area contributed by atoms with Crippen LogP contribution in [0.4, 0.5) is 0 Å². The van der Waals surface area contributed by atoms with Gasteiger partial charge in [0, 0.05) is 30.8 Å². The standard InChI is InChI=1S/C20H24N4O3/c1-12-21-17(10-18(25)22-12)14-6-4-8-24(11-14)20(26)15-9-13-5-3-7-16(13)23-19(15)27-2/h9-10,14H,3-8,11H2,1-2H3,(H,21,22,25)/t14-/m1/s1. The number of pyridine rings is 1. The van der Waals surface area contributed by atoms with E-state index >= 15 is 0 Å². The first-order valence-electron chi connectivity index (χ1n) is 9.49. The third-order valence-corrected chi connectivity index (χ3v) is 5.45. The Morgan fingerprint density at radius 3 is 2.89 bits per heavy atom. The van der Waals surface area contributed by atoms with Crippen LogP contribution in [0, 0.1) is 6.92 Å². The van der Waals surface area contributed by atoms with Gasteiger partial charge in [-0.2, -0.15) is 0 Å². The average Bonchev–Trinajstić information content (AvgIpc) is 3.13. The SMILES string of the molecule is COc1nc2c(cc1C(=O)N1CCC[C@@H](c3cc(=O)[nH]c(C)n3)C1)CCC2. The lowest BCUT2D eigenvalue weighted by Gasteiger charge is -2.32. The molecule has 0 radical (unpaired) electrons. The van der Waals surface area contributed by atoms with Crippen molar-refractivity contribution in [1.29, 1.82) is 0 Å². The van der Waals surface area contributed by atoms with Crippen LogP contribution in [0.25, 0.3) is 0 Å². The summed E-state index contributed by atoms with van der Waals surface area (Å²) < 4.78 is 5.41. The predicted molar refractivity (Wildman–Crippen MR) is 100 cm³/mol. The van der Waals surface area contributed by atoms with E-state index in [-0.39, 0.29) is 17.4 Å². The number of carbonyl (C=O) groups excluding carboxylic acids is 1. The summed E-state index contributed by atoms with van der Waals surface area (Å²) in [6, 6.07) is 3.50. The van der Waals surface area contributed by atoms with Crippen molar-refractivity contribution in [1.82, 2.24) is 19.9 Å². The summed E-state index contributed by atoms with van der Waals surface area (Å²) in [4.78, 5) is 38.5. The minimum Gasteiger partial charge on any atom is -0.480 e. The number of piperidine rings is 1. The fourth-order valence-electron chi connectivity index (χ4n) is 4.15. The third kappa shape index (κ3) is 3.46. The molecule has 1 atom stereocenters. The van der Waals surface area contributed by atoms with Gasteiger partial charge in [0.2, 0.25) is 5.88 Å². The highest BCUT2D eigenvalue weighted by Crippen LogP contribution is 2.30. The molecule has 0 spiro atoms. The van der Waals surface area contributed by atoms with Crippen molar-refractivity contribution in [3.05, 3.63) is 50.8 Å². The van der Waals surface area contributed by atoms with E-state index in [4.69, 9.17) is 4.74 Å². The Kier molecular flexibility index (Phi) is 4.68. The van der Waals surface area contributed by atoms with Crippen molar-refractivity contribution < 1.29 is 9.53 Å². The first-order chi connectivity index (χ1) is 13.0. The molecule has 3 heterocycles. The lowest BCUT2D eigenvalue weighted by molar-refractivity contribution is 0.0701. The molecule has 2 aromatic rings. The highest BCUT2D eigenvalue weighted by atomic mass is 16.5. The molecule has 2 aromatic heterocycles. The number of hydrogen-bond acceptors (Lipinski definition) is 5. The third-order valence-electron chi connectivity index (χ3n) is 5.45.